The van der Waals surface area contributed by atoms with Crippen molar-refractivity contribution in [1.82, 2.24) is 5.32 Å². The number of rotatable bonds is 10. The molecule has 0 heterocycles. The van der Waals surface area contributed by atoms with Crippen LogP contribution in [0.2, 0.25) is 0 Å². The van der Waals surface area contributed by atoms with E-state index in [-0.39, 0.29) is 29.3 Å². The van der Waals surface area contributed by atoms with Crippen LogP contribution in [0.3, 0.4) is 0 Å². The molecule has 1 atom stereocenters. The van der Waals surface area contributed by atoms with Gasteiger partial charge in [0.15, 0.2) is 9.84 Å². The third-order valence-electron chi connectivity index (χ3n) is 4.86. The second-order valence-corrected chi connectivity index (χ2v) is 9.45. The first-order valence-electron chi connectivity index (χ1n) is 9.71. The van der Waals surface area contributed by atoms with E-state index in [4.69, 9.17) is 0 Å². The van der Waals surface area contributed by atoms with Gasteiger partial charge in [0.2, 0.25) is 5.91 Å². The van der Waals surface area contributed by atoms with Gasteiger partial charge < -0.3 is 5.32 Å². The Balaban J connectivity index is 2.05. The fraction of sp³-hybridized carbons (Fsp3) is 0.409. The van der Waals surface area contributed by atoms with E-state index in [0.29, 0.717) is 12.8 Å². The minimum Gasteiger partial charge on any atom is -0.353 e. The van der Waals surface area contributed by atoms with Crippen molar-refractivity contribution in [3.63, 3.8) is 0 Å². The maximum atomic E-state index is 13.3. The van der Waals surface area contributed by atoms with Crippen molar-refractivity contribution in [3.8, 4) is 0 Å². The fourth-order valence-corrected chi connectivity index (χ4v) is 4.35. The molecule has 0 aliphatic carbocycles. The van der Waals surface area contributed by atoms with Crippen LogP contribution in [0.4, 0.5) is 8.78 Å². The maximum absolute atomic E-state index is 13.3. The van der Waals surface area contributed by atoms with Crippen LogP contribution in [-0.4, -0.2) is 31.9 Å². The molecule has 4 nitrogen and oxygen atoms in total. The molecule has 158 valence electrons. The summed E-state index contributed by atoms with van der Waals surface area (Å²) in [6.07, 6.45) is 1.53. The molecule has 29 heavy (non-hydrogen) atoms. The zero-order valence-corrected chi connectivity index (χ0v) is 17.5. The molecular formula is C22H27F2NO3S. The molecule has 1 amide bonds. The first kappa shape index (κ1) is 23.0. The largest absolute Gasteiger partial charge is 0.353 e. The number of carbonyl (C=O) groups is 1. The number of benzene rings is 2. The monoisotopic (exact) mass is 423 g/mol. The first-order valence-corrected chi connectivity index (χ1v) is 11.5. The molecule has 0 saturated carbocycles. The highest BCUT2D eigenvalue weighted by Crippen LogP contribution is 2.30. The van der Waals surface area contributed by atoms with Gasteiger partial charge in [-0.1, -0.05) is 31.2 Å². The average molecular weight is 424 g/mol. The Hall–Kier alpha value is -2.28. The molecule has 0 aliphatic heterocycles. The van der Waals surface area contributed by atoms with Gasteiger partial charge in [-0.25, -0.2) is 17.2 Å². The molecule has 1 unspecified atom stereocenters. The lowest BCUT2D eigenvalue weighted by molar-refractivity contribution is -0.119. The summed E-state index contributed by atoms with van der Waals surface area (Å²) < 4.78 is 51.2. The van der Waals surface area contributed by atoms with Crippen molar-refractivity contribution >= 4 is 15.7 Å². The Morgan fingerprint density at radius 2 is 1.45 bits per heavy atom. The van der Waals surface area contributed by atoms with Crippen LogP contribution in [-0.2, 0) is 14.6 Å². The first-order chi connectivity index (χ1) is 13.7. The van der Waals surface area contributed by atoms with E-state index in [2.05, 4.69) is 5.32 Å². The summed E-state index contributed by atoms with van der Waals surface area (Å²) in [5, 5.41) is 2.66. The Bertz CT molecular complexity index is 851. The van der Waals surface area contributed by atoms with Gasteiger partial charge in [-0.3, -0.25) is 4.79 Å². The van der Waals surface area contributed by atoms with Crippen LogP contribution in [0.25, 0.3) is 0 Å². The van der Waals surface area contributed by atoms with Crippen molar-refractivity contribution in [1.29, 1.82) is 0 Å². The molecule has 2 aromatic carbocycles. The number of amides is 1. The molecule has 0 radical (unpaired) electrons. The summed E-state index contributed by atoms with van der Waals surface area (Å²) >= 11 is 0. The summed E-state index contributed by atoms with van der Waals surface area (Å²) in [6.45, 7) is 3.73. The van der Waals surface area contributed by atoms with E-state index >= 15 is 0 Å². The van der Waals surface area contributed by atoms with E-state index in [1.165, 1.54) is 24.3 Å². The van der Waals surface area contributed by atoms with Crippen molar-refractivity contribution in [2.45, 2.75) is 45.1 Å². The van der Waals surface area contributed by atoms with Crippen molar-refractivity contribution in [2.75, 3.05) is 11.5 Å². The molecule has 0 saturated heterocycles. The molecule has 2 rings (SSSR count). The smallest absolute Gasteiger partial charge is 0.235 e. The lowest BCUT2D eigenvalue weighted by Crippen LogP contribution is -2.37. The summed E-state index contributed by atoms with van der Waals surface area (Å²) in [5.74, 6) is -2.06. The predicted octanol–water partition coefficient (Wildman–Crippen LogP) is 4.21. The second-order valence-electron chi connectivity index (χ2n) is 7.27. The minimum absolute atomic E-state index is 0.0703. The van der Waals surface area contributed by atoms with E-state index in [1.807, 2.05) is 13.8 Å². The number of nitrogens with one attached hydrogen (secondary N) is 1. The highest BCUT2D eigenvalue weighted by atomic mass is 32.2. The zero-order valence-electron chi connectivity index (χ0n) is 16.7. The molecule has 1 N–H and O–H groups in total. The van der Waals surface area contributed by atoms with Gasteiger partial charge in [0, 0.05) is 12.0 Å². The number of sulfone groups is 1. The average Bonchev–Trinajstić information content (AvgIpc) is 2.66. The summed E-state index contributed by atoms with van der Waals surface area (Å²) in [7, 11) is -3.54. The minimum atomic E-state index is -3.54. The van der Waals surface area contributed by atoms with Crippen LogP contribution in [0.5, 0.6) is 0 Å². The van der Waals surface area contributed by atoms with Crippen molar-refractivity contribution < 1.29 is 22.0 Å². The highest BCUT2D eigenvalue weighted by molar-refractivity contribution is 7.92. The van der Waals surface area contributed by atoms with Crippen LogP contribution in [0, 0.1) is 11.6 Å². The third kappa shape index (κ3) is 7.57. The molecule has 0 aliphatic rings. The molecule has 2 aromatic rings. The Labute approximate surface area is 171 Å². The number of halogens is 2. The SMILES string of the molecule is CCC(C)NC(=O)CS(=O)(=O)CCCC(c1ccc(F)cc1)c1ccc(F)cc1. The molecular weight excluding hydrogens is 396 g/mol. The van der Waals surface area contributed by atoms with Crippen molar-refractivity contribution in [3.05, 3.63) is 71.3 Å². The van der Waals surface area contributed by atoms with Gasteiger partial charge in [0.05, 0.1) is 5.75 Å². The number of carbonyl (C=O) groups excluding carboxylic acids is 1. The van der Waals surface area contributed by atoms with E-state index < -0.39 is 21.5 Å². The van der Waals surface area contributed by atoms with Crippen LogP contribution < -0.4 is 5.32 Å². The molecule has 0 aromatic heterocycles. The Kier molecular flexibility index (Phi) is 8.32. The zero-order chi connectivity index (χ0) is 21.4. The van der Waals surface area contributed by atoms with E-state index in [0.717, 1.165) is 17.5 Å². The summed E-state index contributed by atoms with van der Waals surface area (Å²) in [6, 6.07) is 11.9. The molecule has 7 heteroatoms. The highest BCUT2D eigenvalue weighted by Gasteiger charge is 2.20. The van der Waals surface area contributed by atoms with Gasteiger partial charge in [0.1, 0.15) is 17.4 Å². The molecule has 0 bridgehead atoms. The lowest BCUT2D eigenvalue weighted by atomic mass is 9.88. The summed E-state index contributed by atoms with van der Waals surface area (Å²) in [5.41, 5.74) is 1.65. The van der Waals surface area contributed by atoms with Crippen LogP contribution in [0.15, 0.2) is 48.5 Å². The van der Waals surface area contributed by atoms with Gasteiger partial charge in [0.25, 0.3) is 0 Å². The van der Waals surface area contributed by atoms with Gasteiger partial charge in [-0.2, -0.15) is 0 Å². The van der Waals surface area contributed by atoms with Crippen LogP contribution >= 0.6 is 0 Å². The topological polar surface area (TPSA) is 63.2 Å². The number of hydrogen-bond acceptors (Lipinski definition) is 3. The predicted molar refractivity (Wildman–Crippen MR) is 110 cm³/mol. The van der Waals surface area contributed by atoms with E-state index in [1.54, 1.807) is 24.3 Å². The standard InChI is InChI=1S/C22H27F2NO3S/c1-3-16(2)25-22(26)15-29(27,28)14-4-5-21(17-6-10-19(23)11-7-17)18-8-12-20(24)13-9-18/h6-13,16,21H,3-5,14-15H2,1-2H3,(H,25,26). The fourth-order valence-electron chi connectivity index (χ4n) is 3.11. The Morgan fingerprint density at radius 1 is 0.966 bits per heavy atom. The third-order valence-corrected chi connectivity index (χ3v) is 6.48. The Morgan fingerprint density at radius 3 is 1.90 bits per heavy atom. The normalized spacial score (nSPS) is 12.7. The molecule has 0 spiro atoms. The van der Waals surface area contributed by atoms with Crippen molar-refractivity contribution in [2.24, 2.45) is 0 Å². The van der Waals surface area contributed by atoms with E-state index in [9.17, 15) is 22.0 Å². The maximum Gasteiger partial charge on any atom is 0.235 e. The lowest BCUT2D eigenvalue weighted by Gasteiger charge is -2.18. The number of hydrogen-bond donors (Lipinski definition) is 1. The van der Waals surface area contributed by atoms with Gasteiger partial charge >= 0.3 is 0 Å². The summed E-state index contributed by atoms with van der Waals surface area (Å²) in [4.78, 5) is 11.9. The van der Waals surface area contributed by atoms with Gasteiger partial charge in [-0.15, -0.1) is 0 Å². The quantitative estimate of drug-likeness (QED) is 0.623. The van der Waals surface area contributed by atoms with Gasteiger partial charge in [-0.05, 0) is 61.6 Å². The van der Waals surface area contributed by atoms with Crippen LogP contribution in [0.1, 0.15) is 50.2 Å². The molecule has 0 fully saturated rings. The second kappa shape index (κ2) is 10.5.